The number of ether oxygens (including phenoxy) is 2. The van der Waals surface area contributed by atoms with Crippen molar-refractivity contribution in [3.63, 3.8) is 0 Å². The summed E-state index contributed by atoms with van der Waals surface area (Å²) in [5.41, 5.74) is 5.07. The van der Waals surface area contributed by atoms with Gasteiger partial charge in [0.15, 0.2) is 16.7 Å². The molecular weight excluding hydrogens is 432 g/mol. The van der Waals surface area contributed by atoms with E-state index in [4.69, 9.17) is 9.47 Å². The van der Waals surface area contributed by atoms with E-state index in [0.29, 0.717) is 16.7 Å². The first kappa shape index (κ1) is 19.2. The quantitative estimate of drug-likeness (QED) is 0.327. The number of hydrogen-bond acceptors (Lipinski definition) is 6. The van der Waals surface area contributed by atoms with Gasteiger partial charge in [-0.3, -0.25) is 4.79 Å². The van der Waals surface area contributed by atoms with Gasteiger partial charge in [-0.05, 0) is 45.8 Å². The van der Waals surface area contributed by atoms with Crippen LogP contribution in [0.15, 0.2) is 51.1 Å². The third-order valence-corrected chi connectivity index (χ3v) is 5.03. The van der Waals surface area contributed by atoms with Crippen LogP contribution in [-0.4, -0.2) is 42.1 Å². The third-order valence-electron chi connectivity index (χ3n) is 3.57. The Hall–Kier alpha value is -2.52. The molecule has 0 aliphatic carbocycles. The minimum absolute atomic E-state index is 0.201. The largest absolute Gasteiger partial charge is 0.493 e. The Morgan fingerprint density at radius 1 is 1.33 bits per heavy atom. The number of nitrogens with zero attached hydrogens (tertiary/aromatic N) is 2. The van der Waals surface area contributed by atoms with Crippen molar-refractivity contribution in [2.45, 2.75) is 5.16 Å². The normalized spacial score (nSPS) is 11.1. The molecule has 0 radical (unpaired) electrons. The molecule has 9 heteroatoms. The summed E-state index contributed by atoms with van der Waals surface area (Å²) in [7, 11) is 3.12. The fraction of sp³-hybridized carbons (Fsp3) is 0.167. The molecule has 0 aliphatic rings. The number of imidazole rings is 1. The van der Waals surface area contributed by atoms with E-state index in [2.05, 4.69) is 36.4 Å². The van der Waals surface area contributed by atoms with Crippen LogP contribution in [0.1, 0.15) is 5.56 Å². The maximum absolute atomic E-state index is 12.0. The number of hydrogen-bond donors (Lipinski definition) is 2. The van der Waals surface area contributed by atoms with Crippen LogP contribution in [0.25, 0.3) is 11.0 Å². The Labute approximate surface area is 168 Å². The molecule has 0 saturated heterocycles. The van der Waals surface area contributed by atoms with E-state index in [9.17, 15) is 4.79 Å². The first-order valence-electron chi connectivity index (χ1n) is 7.91. The number of thioether (sulfide) groups is 1. The number of aromatic amines is 1. The molecule has 3 aromatic rings. The highest BCUT2D eigenvalue weighted by Crippen LogP contribution is 2.35. The number of H-pyrrole nitrogens is 1. The molecule has 2 N–H and O–H groups in total. The van der Waals surface area contributed by atoms with Gasteiger partial charge in [0.2, 0.25) is 0 Å². The van der Waals surface area contributed by atoms with Gasteiger partial charge in [-0.15, -0.1) is 0 Å². The first-order chi connectivity index (χ1) is 13.1. The number of para-hydroxylation sites is 2. The number of amides is 1. The van der Waals surface area contributed by atoms with Crippen molar-refractivity contribution in [3.05, 3.63) is 46.4 Å². The van der Waals surface area contributed by atoms with E-state index >= 15 is 0 Å². The molecule has 27 heavy (non-hydrogen) atoms. The van der Waals surface area contributed by atoms with Gasteiger partial charge < -0.3 is 14.5 Å². The molecular formula is C18H17BrN4O3S. The predicted octanol–water partition coefficient (Wildman–Crippen LogP) is 3.59. The zero-order valence-electron chi connectivity index (χ0n) is 14.7. The monoisotopic (exact) mass is 448 g/mol. The van der Waals surface area contributed by atoms with Crippen molar-refractivity contribution < 1.29 is 14.3 Å². The van der Waals surface area contributed by atoms with Gasteiger partial charge in [0.25, 0.3) is 5.91 Å². The number of carbonyl (C=O) groups is 1. The van der Waals surface area contributed by atoms with Crippen LogP contribution >= 0.6 is 27.7 Å². The van der Waals surface area contributed by atoms with Crippen molar-refractivity contribution in [1.82, 2.24) is 15.4 Å². The number of methoxy groups -OCH3 is 2. The van der Waals surface area contributed by atoms with Gasteiger partial charge in [-0.25, -0.2) is 10.4 Å². The molecule has 7 nitrogen and oxygen atoms in total. The van der Waals surface area contributed by atoms with Crippen LogP contribution < -0.4 is 14.9 Å². The van der Waals surface area contributed by atoms with Gasteiger partial charge in [0.05, 0.1) is 41.7 Å². The van der Waals surface area contributed by atoms with Crippen LogP contribution in [0.3, 0.4) is 0 Å². The second-order valence-electron chi connectivity index (χ2n) is 5.38. The van der Waals surface area contributed by atoms with Crippen LogP contribution in [0.4, 0.5) is 0 Å². The van der Waals surface area contributed by atoms with Gasteiger partial charge >= 0.3 is 0 Å². The summed E-state index contributed by atoms with van der Waals surface area (Å²) < 4.78 is 11.3. The van der Waals surface area contributed by atoms with Crippen LogP contribution in [0.5, 0.6) is 11.5 Å². The van der Waals surface area contributed by atoms with Crippen LogP contribution in [0, 0.1) is 0 Å². The number of fused-ring (bicyclic) bond motifs is 1. The van der Waals surface area contributed by atoms with Crippen molar-refractivity contribution in [1.29, 1.82) is 0 Å². The molecule has 1 aromatic heterocycles. The summed E-state index contributed by atoms with van der Waals surface area (Å²) in [6, 6.07) is 11.3. The van der Waals surface area contributed by atoms with Crippen molar-refractivity contribution >= 4 is 50.8 Å². The van der Waals surface area contributed by atoms with Crippen molar-refractivity contribution in [2.24, 2.45) is 5.10 Å². The fourth-order valence-electron chi connectivity index (χ4n) is 2.36. The highest BCUT2D eigenvalue weighted by atomic mass is 79.9. The average molecular weight is 449 g/mol. The SMILES string of the molecule is COc1cc(/C=N\NC(=O)CSc2nc3ccccc3[nH]2)cc(Br)c1OC. The van der Waals surface area contributed by atoms with Gasteiger partial charge in [0, 0.05) is 0 Å². The minimum atomic E-state index is -0.226. The predicted molar refractivity (Wildman–Crippen MR) is 110 cm³/mol. The lowest BCUT2D eigenvalue weighted by atomic mass is 10.2. The molecule has 0 bridgehead atoms. The fourth-order valence-corrected chi connectivity index (χ4v) is 3.65. The molecule has 0 fully saturated rings. The molecule has 1 amide bonds. The first-order valence-corrected chi connectivity index (χ1v) is 9.69. The Morgan fingerprint density at radius 3 is 2.89 bits per heavy atom. The maximum Gasteiger partial charge on any atom is 0.250 e. The Morgan fingerprint density at radius 2 is 2.15 bits per heavy atom. The van der Waals surface area contributed by atoms with E-state index in [1.54, 1.807) is 20.3 Å². The number of nitrogens with one attached hydrogen (secondary N) is 2. The lowest BCUT2D eigenvalue weighted by molar-refractivity contribution is -0.118. The van der Waals surface area contributed by atoms with Crippen molar-refractivity contribution in [3.8, 4) is 11.5 Å². The molecule has 140 valence electrons. The highest BCUT2D eigenvalue weighted by molar-refractivity contribution is 9.10. The molecule has 0 aliphatic heterocycles. The number of hydrazone groups is 1. The van der Waals surface area contributed by atoms with E-state index in [-0.39, 0.29) is 11.7 Å². The highest BCUT2D eigenvalue weighted by Gasteiger charge is 2.10. The molecule has 0 spiro atoms. The summed E-state index contributed by atoms with van der Waals surface area (Å²) in [6.45, 7) is 0. The molecule has 2 aromatic carbocycles. The Balaban J connectivity index is 1.56. The second kappa shape index (κ2) is 8.92. The smallest absolute Gasteiger partial charge is 0.250 e. The van der Waals surface area contributed by atoms with E-state index in [1.165, 1.54) is 18.0 Å². The lowest BCUT2D eigenvalue weighted by Gasteiger charge is -2.10. The number of benzene rings is 2. The summed E-state index contributed by atoms with van der Waals surface area (Å²) in [4.78, 5) is 19.6. The Bertz CT molecular complexity index is 957. The van der Waals surface area contributed by atoms with Crippen LogP contribution in [0.2, 0.25) is 0 Å². The average Bonchev–Trinajstić information content (AvgIpc) is 3.09. The second-order valence-corrected chi connectivity index (χ2v) is 7.20. The van der Waals surface area contributed by atoms with E-state index in [1.807, 2.05) is 30.3 Å². The third kappa shape index (κ3) is 4.81. The number of aromatic nitrogens is 2. The summed E-state index contributed by atoms with van der Waals surface area (Å²) >= 11 is 4.73. The molecule has 1 heterocycles. The maximum atomic E-state index is 12.0. The number of carbonyl (C=O) groups excluding carboxylic acids is 1. The molecule has 3 rings (SSSR count). The summed E-state index contributed by atoms with van der Waals surface area (Å²) in [5, 5.41) is 4.68. The number of halogens is 1. The van der Waals surface area contributed by atoms with E-state index in [0.717, 1.165) is 21.1 Å². The van der Waals surface area contributed by atoms with Gasteiger partial charge in [0.1, 0.15) is 0 Å². The zero-order valence-corrected chi connectivity index (χ0v) is 17.1. The molecule has 0 saturated carbocycles. The molecule has 0 atom stereocenters. The zero-order chi connectivity index (χ0) is 19.2. The van der Waals surface area contributed by atoms with Gasteiger partial charge in [-0.1, -0.05) is 23.9 Å². The summed E-state index contributed by atoms with van der Waals surface area (Å²) in [5.74, 6) is 1.14. The minimum Gasteiger partial charge on any atom is -0.493 e. The van der Waals surface area contributed by atoms with Crippen molar-refractivity contribution in [2.75, 3.05) is 20.0 Å². The van der Waals surface area contributed by atoms with Crippen LogP contribution in [-0.2, 0) is 4.79 Å². The molecule has 0 unspecified atom stereocenters. The van der Waals surface area contributed by atoms with E-state index < -0.39 is 0 Å². The number of rotatable bonds is 7. The Kier molecular flexibility index (Phi) is 6.36. The lowest BCUT2D eigenvalue weighted by Crippen LogP contribution is -2.19. The van der Waals surface area contributed by atoms with Gasteiger partial charge in [-0.2, -0.15) is 5.10 Å². The topological polar surface area (TPSA) is 88.6 Å². The summed E-state index contributed by atoms with van der Waals surface area (Å²) in [6.07, 6.45) is 1.54. The standard InChI is InChI=1S/C18H17BrN4O3S/c1-25-15-8-11(7-12(19)17(15)26-2)9-20-23-16(24)10-27-18-21-13-5-3-4-6-14(13)22-18/h3-9H,10H2,1-2H3,(H,21,22)(H,23,24)/b20-9-.